The van der Waals surface area contributed by atoms with Gasteiger partial charge in [-0.25, -0.2) is 0 Å². The molecule has 0 bridgehead atoms. The highest BCUT2D eigenvalue weighted by Crippen LogP contribution is 2.47. The number of benzene rings is 4. The Morgan fingerprint density at radius 1 is 0.557 bits per heavy atom. The monoisotopic (exact) mass is 1090 g/mol. The number of ether oxygens (including phenoxy) is 6. The third-order valence-electron chi connectivity index (χ3n) is 11.1. The molecule has 8 rings (SSSR count). The van der Waals surface area contributed by atoms with Gasteiger partial charge in [0.25, 0.3) is 12.1 Å². The van der Waals surface area contributed by atoms with Crippen LogP contribution in [0.3, 0.4) is 0 Å². The number of carbonyl (C=O) groups is 4. The molecule has 0 spiro atoms. The first-order valence-electron chi connectivity index (χ1n) is 22.4. The van der Waals surface area contributed by atoms with Gasteiger partial charge in [0.05, 0.1) is 51.1 Å². The Bertz CT molecular complexity index is 2610. The van der Waals surface area contributed by atoms with E-state index in [1.165, 1.54) is 13.8 Å². The number of para-hydroxylation sites is 2. The van der Waals surface area contributed by atoms with Gasteiger partial charge in [-0.2, -0.15) is 0 Å². The van der Waals surface area contributed by atoms with Crippen LogP contribution in [-0.4, -0.2) is 94.4 Å². The maximum absolute atomic E-state index is 12.2. The summed E-state index contributed by atoms with van der Waals surface area (Å²) < 4.78 is 32.3. The second-order valence-electron chi connectivity index (χ2n) is 15.6. The van der Waals surface area contributed by atoms with Crippen LogP contribution < -0.4 is 9.47 Å². The molecule has 372 valence electrons. The van der Waals surface area contributed by atoms with Crippen molar-refractivity contribution in [2.24, 2.45) is 0 Å². The fourth-order valence-electron chi connectivity index (χ4n) is 8.42. The van der Waals surface area contributed by atoms with Crippen molar-refractivity contribution in [1.29, 1.82) is 0 Å². The number of fused-ring (bicyclic) bond motifs is 4. The second-order valence-corrected chi connectivity index (χ2v) is 17.5. The van der Waals surface area contributed by atoms with Crippen molar-refractivity contribution < 1.29 is 57.4 Å². The highest BCUT2D eigenvalue weighted by molar-refractivity contribution is 9.10. The Morgan fingerprint density at radius 3 is 1.23 bits per heavy atom. The molecule has 0 fully saturated rings. The number of nitrogens with one attached hydrogen (secondary N) is 2. The standard InChI is InChI=1S/2C21H19BrN2O5.2C4H8O2/c2*1-2-28-19(25)10-18-21(24(26)27)20(14-9-12(22)7-8-17(14)29-18)15-11-23-16-6-4-3-5-13(15)16;2*1-3-6-4(2)5/h2*3-9,11,18,20-21,23H,2,10H2,1H3;2*3H2,1-2H3/t2*18-,20+,21-;;/m00../s1. The van der Waals surface area contributed by atoms with Crippen molar-refractivity contribution in [3.05, 3.63) is 149 Å². The molecule has 0 aliphatic carbocycles. The van der Waals surface area contributed by atoms with Crippen molar-refractivity contribution >= 4 is 77.5 Å². The molecule has 2 N–H and O–H groups in total. The number of aromatic nitrogens is 2. The predicted octanol–water partition coefficient (Wildman–Crippen LogP) is 9.98. The van der Waals surface area contributed by atoms with Crippen LogP contribution in [0, 0.1) is 20.2 Å². The SMILES string of the molecule is CCOC(=O)C[C@@H]1Oc2ccc(Br)cc2[C@H](c2c[nH]c3ccccc23)[C@H]1[N+](=O)[O-].CCOC(=O)C[C@@H]1Oc2ccc(Br)cc2[C@H](c2c[nH]c3ccccc23)[C@H]1[N+](=O)[O-].CCOC(C)=O.CCOC(C)=O. The highest BCUT2D eigenvalue weighted by Gasteiger charge is 2.50. The van der Waals surface area contributed by atoms with Gasteiger partial charge in [0.1, 0.15) is 11.5 Å². The van der Waals surface area contributed by atoms with Gasteiger partial charge < -0.3 is 38.4 Å². The van der Waals surface area contributed by atoms with Gasteiger partial charge in [0.2, 0.25) is 0 Å². The quantitative estimate of drug-likeness (QED) is 0.0502. The van der Waals surface area contributed by atoms with Gasteiger partial charge >= 0.3 is 23.9 Å². The molecule has 4 aromatic carbocycles. The zero-order valence-corrected chi connectivity index (χ0v) is 42.5. The largest absolute Gasteiger partial charge is 0.482 e. The first-order valence-corrected chi connectivity index (χ1v) is 24.0. The molecule has 4 heterocycles. The van der Waals surface area contributed by atoms with Gasteiger partial charge in [0.15, 0.2) is 12.2 Å². The van der Waals surface area contributed by atoms with Crippen LogP contribution in [0.5, 0.6) is 11.5 Å². The van der Waals surface area contributed by atoms with Crippen molar-refractivity contribution in [2.75, 3.05) is 26.4 Å². The molecule has 0 saturated carbocycles. The minimum absolute atomic E-state index is 0.187. The van der Waals surface area contributed by atoms with E-state index >= 15 is 0 Å². The minimum atomic E-state index is -1.14. The van der Waals surface area contributed by atoms with Crippen LogP contribution in [0.4, 0.5) is 0 Å². The number of H-pyrrole nitrogens is 2. The molecule has 18 nitrogen and oxygen atoms in total. The highest BCUT2D eigenvalue weighted by atomic mass is 79.9. The van der Waals surface area contributed by atoms with Crippen molar-refractivity contribution in [1.82, 2.24) is 9.97 Å². The van der Waals surface area contributed by atoms with Crippen LogP contribution in [0.25, 0.3) is 21.8 Å². The molecule has 0 unspecified atom stereocenters. The van der Waals surface area contributed by atoms with Crippen molar-refractivity contribution in [3.8, 4) is 11.5 Å². The number of halogens is 2. The number of nitrogens with zero attached hydrogens (tertiary/aromatic N) is 2. The third kappa shape index (κ3) is 13.7. The lowest BCUT2D eigenvalue weighted by molar-refractivity contribution is -0.537. The average molecular weight is 1090 g/mol. The summed E-state index contributed by atoms with van der Waals surface area (Å²) in [5.41, 5.74) is 4.83. The van der Waals surface area contributed by atoms with Gasteiger partial charge in [-0.3, -0.25) is 39.4 Å². The molecule has 6 aromatic rings. The summed E-state index contributed by atoms with van der Waals surface area (Å²) >= 11 is 6.91. The summed E-state index contributed by atoms with van der Waals surface area (Å²) in [4.78, 5) is 74.0. The fraction of sp³-hybridized carbons (Fsp3) is 0.360. The first-order chi connectivity index (χ1) is 33.5. The maximum atomic E-state index is 12.2. The molecule has 20 heteroatoms. The number of hydrogen-bond donors (Lipinski definition) is 2. The minimum Gasteiger partial charge on any atom is -0.482 e. The summed E-state index contributed by atoms with van der Waals surface area (Å²) in [5.74, 6) is -1.53. The molecular formula is C50H54Br2N4O14. The predicted molar refractivity (Wildman–Crippen MR) is 266 cm³/mol. The van der Waals surface area contributed by atoms with E-state index in [0.29, 0.717) is 35.8 Å². The smallest absolute Gasteiger partial charge is 0.309 e. The van der Waals surface area contributed by atoms with Crippen LogP contribution in [-0.2, 0) is 38.1 Å². The number of aromatic amines is 2. The first kappa shape index (κ1) is 54.1. The van der Waals surface area contributed by atoms with Crippen LogP contribution in [0.2, 0.25) is 0 Å². The molecule has 0 amide bonds. The molecule has 0 radical (unpaired) electrons. The van der Waals surface area contributed by atoms with Gasteiger partial charge in [-0.1, -0.05) is 68.3 Å². The van der Waals surface area contributed by atoms with Gasteiger partial charge in [-0.05, 0) is 87.4 Å². The van der Waals surface area contributed by atoms with E-state index < -0.39 is 48.1 Å². The lowest BCUT2D eigenvalue weighted by Crippen LogP contribution is -2.47. The zero-order valence-electron chi connectivity index (χ0n) is 39.3. The van der Waals surface area contributed by atoms with Crippen molar-refractivity contribution in [2.45, 2.75) is 90.5 Å². The number of carbonyl (C=O) groups excluding carboxylic acids is 4. The van der Waals surface area contributed by atoms with E-state index in [0.717, 1.165) is 41.9 Å². The normalized spacial score (nSPS) is 18.5. The van der Waals surface area contributed by atoms with Crippen LogP contribution in [0.1, 0.15) is 88.5 Å². The second kappa shape index (κ2) is 25.7. The zero-order chi connectivity index (χ0) is 51.1. The number of nitro groups is 2. The summed E-state index contributed by atoms with van der Waals surface area (Å²) in [7, 11) is 0. The molecule has 2 aromatic heterocycles. The van der Waals surface area contributed by atoms with E-state index in [9.17, 15) is 39.4 Å². The van der Waals surface area contributed by atoms with Gasteiger partial charge in [-0.15, -0.1) is 0 Å². The molecule has 2 aliphatic heterocycles. The maximum Gasteiger partial charge on any atom is 0.309 e. The lowest BCUT2D eigenvalue weighted by atomic mass is 9.79. The number of esters is 4. The van der Waals surface area contributed by atoms with Gasteiger partial charge in [0, 0.05) is 78.0 Å². The summed E-state index contributed by atoms with van der Waals surface area (Å²) in [6.07, 6.45) is 1.38. The molecular weight excluding hydrogens is 1040 g/mol. The van der Waals surface area contributed by atoms with E-state index in [-0.39, 0.29) is 47.8 Å². The average Bonchev–Trinajstić information content (AvgIpc) is 3.94. The topological polar surface area (TPSA) is 242 Å². The number of rotatable bonds is 12. The fourth-order valence-corrected chi connectivity index (χ4v) is 9.18. The Balaban J connectivity index is 0.000000212. The van der Waals surface area contributed by atoms with E-state index in [2.05, 4.69) is 51.3 Å². The van der Waals surface area contributed by atoms with Crippen molar-refractivity contribution in [3.63, 3.8) is 0 Å². The van der Waals surface area contributed by atoms with Crippen LogP contribution in [0.15, 0.2) is 106 Å². The molecule has 2 aliphatic rings. The third-order valence-corrected chi connectivity index (χ3v) is 12.0. The van der Waals surface area contributed by atoms with E-state index in [1.54, 1.807) is 39.8 Å². The number of hydrogen-bond acceptors (Lipinski definition) is 14. The lowest BCUT2D eigenvalue weighted by Gasteiger charge is -2.34. The Hall–Kier alpha value is -6.80. The summed E-state index contributed by atoms with van der Waals surface area (Å²) in [6, 6.07) is 23.9. The molecule has 6 atom stereocenters. The molecule has 0 saturated heterocycles. The Kier molecular flexibility index (Phi) is 19.9. The van der Waals surface area contributed by atoms with E-state index in [4.69, 9.17) is 18.9 Å². The summed E-state index contributed by atoms with van der Waals surface area (Å²) in [5, 5.41) is 26.2. The Labute approximate surface area is 420 Å². The van der Waals surface area contributed by atoms with Crippen LogP contribution >= 0.6 is 31.9 Å². The van der Waals surface area contributed by atoms with E-state index in [1.807, 2.05) is 85.2 Å². The molecule has 70 heavy (non-hydrogen) atoms. The summed E-state index contributed by atoms with van der Waals surface area (Å²) in [6.45, 7) is 11.1. The Morgan fingerprint density at radius 2 is 0.914 bits per heavy atom.